The van der Waals surface area contributed by atoms with Gasteiger partial charge in [-0.25, -0.2) is 17.6 Å². The molecular formula is C20H22FNO5S. The lowest BCUT2D eigenvalue weighted by molar-refractivity contribution is -0.129. The Bertz CT molecular complexity index is 924. The van der Waals surface area contributed by atoms with Crippen molar-refractivity contribution in [2.75, 3.05) is 12.8 Å². The van der Waals surface area contributed by atoms with Crippen molar-refractivity contribution in [1.82, 2.24) is 5.32 Å². The quantitative estimate of drug-likeness (QED) is 0.678. The summed E-state index contributed by atoms with van der Waals surface area (Å²) in [5, 5.41) is 2.66. The Balaban J connectivity index is 1.82. The van der Waals surface area contributed by atoms with Crippen molar-refractivity contribution in [3.63, 3.8) is 0 Å². The fourth-order valence-electron chi connectivity index (χ4n) is 2.45. The second-order valence-electron chi connectivity index (χ2n) is 6.48. The molecule has 28 heavy (non-hydrogen) atoms. The van der Waals surface area contributed by atoms with Gasteiger partial charge >= 0.3 is 5.97 Å². The number of esters is 1. The van der Waals surface area contributed by atoms with E-state index in [2.05, 4.69) is 5.32 Å². The Morgan fingerprint density at radius 3 is 2.18 bits per heavy atom. The van der Waals surface area contributed by atoms with Crippen LogP contribution in [0.25, 0.3) is 0 Å². The number of hydrogen-bond acceptors (Lipinski definition) is 5. The second kappa shape index (κ2) is 9.45. The van der Waals surface area contributed by atoms with Crippen molar-refractivity contribution >= 4 is 21.7 Å². The lowest BCUT2D eigenvalue weighted by atomic mass is 10.1. The van der Waals surface area contributed by atoms with Crippen LogP contribution in [-0.2, 0) is 31.5 Å². The number of ether oxygens (including phenoxy) is 1. The van der Waals surface area contributed by atoms with E-state index in [1.807, 2.05) is 0 Å². The Morgan fingerprint density at radius 1 is 1.04 bits per heavy atom. The number of nitrogens with one attached hydrogen (secondary N) is 1. The molecule has 0 saturated heterocycles. The van der Waals surface area contributed by atoms with E-state index in [1.54, 1.807) is 12.1 Å². The molecule has 0 unspecified atom stereocenters. The first-order chi connectivity index (χ1) is 13.1. The molecule has 0 aromatic heterocycles. The summed E-state index contributed by atoms with van der Waals surface area (Å²) >= 11 is 0. The number of carbonyl (C=O) groups excluding carboxylic acids is 2. The Labute approximate surface area is 163 Å². The number of amides is 1. The van der Waals surface area contributed by atoms with Crippen LogP contribution >= 0.6 is 0 Å². The molecule has 2 aromatic carbocycles. The predicted molar refractivity (Wildman–Crippen MR) is 103 cm³/mol. The predicted octanol–water partition coefficient (Wildman–Crippen LogP) is 2.27. The van der Waals surface area contributed by atoms with Crippen LogP contribution in [0.5, 0.6) is 0 Å². The van der Waals surface area contributed by atoms with E-state index in [0.29, 0.717) is 18.5 Å². The molecule has 0 fully saturated rings. The third-order valence-electron chi connectivity index (χ3n) is 3.90. The van der Waals surface area contributed by atoms with Crippen molar-refractivity contribution < 1.29 is 27.1 Å². The summed E-state index contributed by atoms with van der Waals surface area (Å²) in [6, 6.07) is 12.0. The van der Waals surface area contributed by atoms with E-state index < -0.39 is 27.8 Å². The highest BCUT2D eigenvalue weighted by Crippen LogP contribution is 2.10. The van der Waals surface area contributed by atoms with Gasteiger partial charge in [0.25, 0.3) is 5.91 Å². The lowest BCUT2D eigenvalue weighted by Crippen LogP contribution is -2.36. The van der Waals surface area contributed by atoms with Gasteiger partial charge in [-0.1, -0.05) is 24.3 Å². The molecule has 0 saturated carbocycles. The van der Waals surface area contributed by atoms with Gasteiger partial charge in [0.05, 0.1) is 11.3 Å². The van der Waals surface area contributed by atoms with Crippen molar-refractivity contribution in [3.05, 3.63) is 71.0 Å². The van der Waals surface area contributed by atoms with Gasteiger partial charge in [-0.3, -0.25) is 4.79 Å². The first kappa shape index (κ1) is 21.6. The number of hydrogen-bond donors (Lipinski definition) is 1. The summed E-state index contributed by atoms with van der Waals surface area (Å²) in [4.78, 5) is 24.2. The molecule has 1 atom stereocenters. The first-order valence-corrected chi connectivity index (χ1v) is 10.7. The van der Waals surface area contributed by atoms with Crippen molar-refractivity contribution in [1.29, 1.82) is 0 Å². The minimum atomic E-state index is -3.16. The maximum Gasteiger partial charge on any atom is 0.338 e. The van der Waals surface area contributed by atoms with Gasteiger partial charge in [0.1, 0.15) is 5.82 Å². The monoisotopic (exact) mass is 407 g/mol. The third kappa shape index (κ3) is 7.11. The molecule has 0 radical (unpaired) electrons. The third-order valence-corrected chi connectivity index (χ3v) is 4.76. The van der Waals surface area contributed by atoms with Gasteiger partial charge in [-0.2, -0.15) is 0 Å². The van der Waals surface area contributed by atoms with Crippen molar-refractivity contribution in [3.8, 4) is 0 Å². The molecule has 0 bridgehead atoms. The van der Waals surface area contributed by atoms with E-state index in [9.17, 15) is 22.4 Å². The van der Waals surface area contributed by atoms with E-state index >= 15 is 0 Å². The maximum absolute atomic E-state index is 12.9. The molecule has 0 heterocycles. The van der Waals surface area contributed by atoms with E-state index in [-0.39, 0.29) is 17.1 Å². The molecule has 1 N–H and O–H groups in total. The molecule has 0 aliphatic rings. The summed E-state index contributed by atoms with van der Waals surface area (Å²) < 4.78 is 40.6. The number of carbonyl (C=O) groups is 2. The van der Waals surface area contributed by atoms with Gasteiger partial charge in [0, 0.05) is 12.8 Å². The summed E-state index contributed by atoms with van der Waals surface area (Å²) in [5.74, 6) is -1.55. The molecule has 0 aliphatic carbocycles. The normalized spacial score (nSPS) is 12.2. The summed E-state index contributed by atoms with van der Waals surface area (Å²) in [7, 11) is -3.16. The average Bonchev–Trinajstić information content (AvgIpc) is 2.62. The van der Waals surface area contributed by atoms with Crippen LogP contribution in [0.3, 0.4) is 0 Å². The molecular weight excluding hydrogens is 385 g/mol. The summed E-state index contributed by atoms with van der Waals surface area (Å²) in [5.41, 5.74) is 1.66. The molecule has 2 aromatic rings. The van der Waals surface area contributed by atoms with Crippen LogP contribution in [-0.4, -0.2) is 39.2 Å². The van der Waals surface area contributed by atoms with E-state index in [0.717, 1.165) is 11.8 Å². The summed E-state index contributed by atoms with van der Waals surface area (Å²) in [6.45, 7) is 1.79. The molecule has 0 spiro atoms. The lowest BCUT2D eigenvalue weighted by Gasteiger charge is -2.14. The SMILES string of the molecule is C[C@@H](OC(=O)c1ccc(CS(C)(=O)=O)cc1)C(=O)NCCc1ccc(F)cc1. The van der Waals surface area contributed by atoms with E-state index in [4.69, 9.17) is 4.74 Å². The van der Waals surface area contributed by atoms with Gasteiger partial charge < -0.3 is 10.1 Å². The standard InChI is InChI=1S/C20H22FNO5S/c1-14(19(23)22-12-11-15-5-9-18(21)10-6-15)27-20(24)17-7-3-16(4-8-17)13-28(2,25)26/h3-10,14H,11-13H2,1-2H3,(H,22,23)/t14-/m1/s1. The zero-order chi connectivity index (χ0) is 20.7. The minimum absolute atomic E-state index is 0.116. The Morgan fingerprint density at radius 2 is 1.61 bits per heavy atom. The zero-order valence-electron chi connectivity index (χ0n) is 15.6. The van der Waals surface area contributed by atoms with Crippen LogP contribution in [0.15, 0.2) is 48.5 Å². The number of halogens is 1. The highest BCUT2D eigenvalue weighted by molar-refractivity contribution is 7.89. The maximum atomic E-state index is 12.9. The van der Waals surface area contributed by atoms with E-state index in [1.165, 1.54) is 43.3 Å². The molecule has 0 aliphatic heterocycles. The fourth-order valence-corrected chi connectivity index (χ4v) is 3.24. The molecule has 2 rings (SSSR count). The second-order valence-corrected chi connectivity index (χ2v) is 8.62. The Kier molecular flexibility index (Phi) is 7.28. The average molecular weight is 407 g/mol. The first-order valence-electron chi connectivity index (χ1n) is 8.64. The number of benzene rings is 2. The topological polar surface area (TPSA) is 89.5 Å². The molecule has 8 heteroatoms. The zero-order valence-corrected chi connectivity index (χ0v) is 16.5. The van der Waals surface area contributed by atoms with Crippen molar-refractivity contribution in [2.45, 2.75) is 25.2 Å². The van der Waals surface area contributed by atoms with Gasteiger partial charge in [0.15, 0.2) is 15.9 Å². The Hall–Kier alpha value is -2.74. The minimum Gasteiger partial charge on any atom is -0.449 e. The highest BCUT2D eigenvalue weighted by Gasteiger charge is 2.18. The van der Waals surface area contributed by atoms with Crippen LogP contribution in [0.4, 0.5) is 4.39 Å². The largest absolute Gasteiger partial charge is 0.449 e. The molecule has 6 nitrogen and oxygen atoms in total. The number of sulfone groups is 1. The van der Waals surface area contributed by atoms with Gasteiger partial charge in [-0.05, 0) is 48.7 Å². The van der Waals surface area contributed by atoms with Gasteiger partial charge in [0.2, 0.25) is 0 Å². The summed E-state index contributed by atoms with van der Waals surface area (Å²) in [6.07, 6.45) is 0.663. The van der Waals surface area contributed by atoms with Crippen LogP contribution in [0.1, 0.15) is 28.4 Å². The van der Waals surface area contributed by atoms with Crippen molar-refractivity contribution in [2.24, 2.45) is 0 Å². The van der Waals surface area contributed by atoms with Crippen LogP contribution in [0.2, 0.25) is 0 Å². The fraction of sp³-hybridized carbons (Fsp3) is 0.300. The highest BCUT2D eigenvalue weighted by atomic mass is 32.2. The molecule has 1 amide bonds. The smallest absolute Gasteiger partial charge is 0.338 e. The number of rotatable bonds is 8. The molecule has 150 valence electrons. The van der Waals surface area contributed by atoms with Gasteiger partial charge in [-0.15, -0.1) is 0 Å². The van der Waals surface area contributed by atoms with Crippen LogP contribution in [0, 0.1) is 5.82 Å². The van der Waals surface area contributed by atoms with Crippen LogP contribution < -0.4 is 5.32 Å².